The molecule has 0 N–H and O–H groups in total. The van der Waals surface area contributed by atoms with Gasteiger partial charge in [-0.2, -0.15) is 0 Å². The molecule has 0 saturated heterocycles. The molecule has 0 bridgehead atoms. The Morgan fingerprint density at radius 3 is 2.52 bits per heavy atom. The van der Waals surface area contributed by atoms with Gasteiger partial charge >= 0.3 is 0 Å². The average molecular weight is 398 g/mol. The van der Waals surface area contributed by atoms with Crippen LogP contribution in [0.4, 0.5) is 24.5 Å². The van der Waals surface area contributed by atoms with Crippen LogP contribution in [0.15, 0.2) is 36.4 Å². The average Bonchev–Trinajstić information content (AvgIpc) is 3.04. The number of para-hydroxylation sites is 1. The summed E-state index contributed by atoms with van der Waals surface area (Å²) in [4.78, 5) is 14.1. The maximum atomic E-state index is 14.0. The third-order valence-electron chi connectivity index (χ3n) is 4.40. The van der Waals surface area contributed by atoms with Gasteiger partial charge in [-0.05, 0) is 30.2 Å². The lowest BCUT2D eigenvalue weighted by atomic mass is 10.2. The van der Waals surface area contributed by atoms with Gasteiger partial charge in [0.15, 0.2) is 17.5 Å². The van der Waals surface area contributed by atoms with Gasteiger partial charge in [-0.3, -0.25) is 9.10 Å². The Balaban J connectivity index is 1.81. The third-order valence-corrected chi connectivity index (χ3v) is 5.58. The summed E-state index contributed by atoms with van der Waals surface area (Å²) in [6.45, 7) is 0.0783. The summed E-state index contributed by atoms with van der Waals surface area (Å²) in [7, 11) is -4.02. The molecule has 3 rings (SSSR count). The summed E-state index contributed by atoms with van der Waals surface area (Å²) < 4.78 is 65.3. The van der Waals surface area contributed by atoms with E-state index in [0.29, 0.717) is 23.3 Å². The summed E-state index contributed by atoms with van der Waals surface area (Å²) in [5, 5.41) is 0. The number of hydrogen-bond acceptors (Lipinski definition) is 3. The first-order valence-electron chi connectivity index (χ1n) is 8.19. The van der Waals surface area contributed by atoms with Crippen molar-refractivity contribution in [1.82, 2.24) is 0 Å². The molecule has 0 aromatic heterocycles. The van der Waals surface area contributed by atoms with Crippen LogP contribution in [0.25, 0.3) is 0 Å². The lowest BCUT2D eigenvalue weighted by molar-refractivity contribution is -0.118. The first-order chi connectivity index (χ1) is 12.7. The Bertz CT molecular complexity index is 995. The number of carbonyl (C=O) groups excluding carboxylic acids is 1. The van der Waals surface area contributed by atoms with Crippen LogP contribution in [0.1, 0.15) is 12.0 Å². The zero-order valence-corrected chi connectivity index (χ0v) is 15.3. The summed E-state index contributed by atoms with van der Waals surface area (Å²) in [5.41, 5.74) is 1.14. The van der Waals surface area contributed by atoms with Crippen molar-refractivity contribution < 1.29 is 26.4 Å². The van der Waals surface area contributed by atoms with Gasteiger partial charge in [0.05, 0.1) is 11.9 Å². The van der Waals surface area contributed by atoms with Crippen molar-refractivity contribution in [3.05, 3.63) is 59.4 Å². The standard InChI is InChI=1S/C18H17F3N2O3S/c1-27(25,26)23(15-7-6-13(19)17(20)18(15)21)11-9-16(24)22-10-8-12-4-2-3-5-14(12)22/h2-7H,8-11H2,1H3. The first-order valence-corrected chi connectivity index (χ1v) is 10.0. The molecule has 144 valence electrons. The SMILES string of the molecule is CS(=O)(=O)N(CCC(=O)N1CCc2ccccc21)c1ccc(F)c(F)c1F. The Hall–Kier alpha value is -2.55. The number of anilines is 2. The van der Waals surface area contributed by atoms with Gasteiger partial charge in [0.1, 0.15) is 0 Å². The number of rotatable bonds is 5. The minimum Gasteiger partial charge on any atom is -0.312 e. The van der Waals surface area contributed by atoms with Crippen molar-refractivity contribution in [2.24, 2.45) is 0 Å². The Morgan fingerprint density at radius 2 is 1.81 bits per heavy atom. The van der Waals surface area contributed by atoms with Crippen LogP contribution >= 0.6 is 0 Å². The molecule has 27 heavy (non-hydrogen) atoms. The zero-order chi connectivity index (χ0) is 19.8. The highest BCUT2D eigenvalue weighted by Gasteiger charge is 2.28. The molecule has 0 aliphatic carbocycles. The van der Waals surface area contributed by atoms with Gasteiger partial charge in [0.2, 0.25) is 15.9 Å². The van der Waals surface area contributed by atoms with E-state index in [1.807, 2.05) is 12.1 Å². The smallest absolute Gasteiger partial charge is 0.232 e. The fraction of sp³-hybridized carbons (Fsp3) is 0.278. The van der Waals surface area contributed by atoms with Crippen molar-refractivity contribution >= 4 is 27.3 Å². The number of carbonyl (C=O) groups is 1. The third kappa shape index (κ3) is 3.78. The van der Waals surface area contributed by atoms with Gasteiger partial charge < -0.3 is 4.90 Å². The monoisotopic (exact) mass is 398 g/mol. The molecular formula is C18H17F3N2O3S. The molecule has 0 unspecified atom stereocenters. The normalized spacial score (nSPS) is 13.6. The predicted octanol–water partition coefficient (Wildman–Crippen LogP) is 2.85. The van der Waals surface area contributed by atoms with Crippen molar-refractivity contribution in [3.8, 4) is 0 Å². The van der Waals surface area contributed by atoms with Gasteiger partial charge in [-0.1, -0.05) is 18.2 Å². The number of halogens is 3. The van der Waals surface area contributed by atoms with Crippen LogP contribution in [-0.4, -0.2) is 33.7 Å². The molecule has 2 aromatic carbocycles. The van der Waals surface area contributed by atoms with Crippen molar-refractivity contribution in [2.75, 3.05) is 28.6 Å². The number of amides is 1. The highest BCUT2D eigenvalue weighted by Crippen LogP contribution is 2.29. The van der Waals surface area contributed by atoms with E-state index >= 15 is 0 Å². The van der Waals surface area contributed by atoms with E-state index in [9.17, 15) is 26.4 Å². The molecule has 9 heteroatoms. The lowest BCUT2D eigenvalue weighted by Gasteiger charge is -2.24. The fourth-order valence-corrected chi connectivity index (χ4v) is 4.02. The minimum atomic E-state index is -4.02. The van der Waals surface area contributed by atoms with Crippen LogP contribution in [0, 0.1) is 17.5 Å². The fourth-order valence-electron chi connectivity index (χ4n) is 3.10. The summed E-state index contributed by atoms with van der Waals surface area (Å²) in [6, 6.07) is 8.84. The second-order valence-electron chi connectivity index (χ2n) is 6.20. The van der Waals surface area contributed by atoms with E-state index in [0.717, 1.165) is 23.6 Å². The second kappa shape index (κ2) is 7.22. The maximum Gasteiger partial charge on any atom is 0.232 e. The molecule has 0 saturated carbocycles. The quantitative estimate of drug-likeness (QED) is 0.728. The van der Waals surface area contributed by atoms with E-state index in [-0.39, 0.29) is 12.3 Å². The molecule has 1 aliphatic heterocycles. The molecule has 5 nitrogen and oxygen atoms in total. The highest BCUT2D eigenvalue weighted by atomic mass is 32.2. The number of sulfonamides is 1. The molecule has 0 radical (unpaired) electrons. The second-order valence-corrected chi connectivity index (χ2v) is 8.11. The van der Waals surface area contributed by atoms with Gasteiger partial charge in [0.25, 0.3) is 0 Å². The zero-order valence-electron chi connectivity index (χ0n) is 14.5. The number of fused-ring (bicyclic) bond motifs is 1. The molecule has 1 aliphatic rings. The maximum absolute atomic E-state index is 14.0. The topological polar surface area (TPSA) is 57.7 Å². The van der Waals surface area contributed by atoms with Gasteiger partial charge in [-0.15, -0.1) is 0 Å². The van der Waals surface area contributed by atoms with Crippen molar-refractivity contribution in [1.29, 1.82) is 0 Å². The number of nitrogens with zero attached hydrogens (tertiary/aromatic N) is 2. The molecule has 0 spiro atoms. The van der Waals surface area contributed by atoms with Crippen molar-refractivity contribution in [2.45, 2.75) is 12.8 Å². The number of benzene rings is 2. The van der Waals surface area contributed by atoms with Crippen LogP contribution in [-0.2, 0) is 21.2 Å². The lowest BCUT2D eigenvalue weighted by Crippen LogP contribution is -2.36. The first kappa shape index (κ1) is 19.2. The molecule has 1 heterocycles. The molecular weight excluding hydrogens is 381 g/mol. The summed E-state index contributed by atoms with van der Waals surface area (Å²) in [6.07, 6.45) is 1.26. The van der Waals surface area contributed by atoms with Crippen LogP contribution in [0.5, 0.6) is 0 Å². The van der Waals surface area contributed by atoms with E-state index < -0.39 is 39.7 Å². The molecule has 1 amide bonds. The van der Waals surface area contributed by atoms with Crippen LogP contribution in [0.2, 0.25) is 0 Å². The van der Waals surface area contributed by atoms with E-state index in [1.165, 1.54) is 4.90 Å². The summed E-state index contributed by atoms with van der Waals surface area (Å²) in [5.74, 6) is -5.13. The van der Waals surface area contributed by atoms with Gasteiger partial charge in [-0.25, -0.2) is 21.6 Å². The van der Waals surface area contributed by atoms with Crippen LogP contribution < -0.4 is 9.21 Å². The molecule has 0 atom stereocenters. The van der Waals surface area contributed by atoms with Gasteiger partial charge in [0, 0.05) is 25.2 Å². The Morgan fingerprint density at radius 1 is 1.11 bits per heavy atom. The largest absolute Gasteiger partial charge is 0.312 e. The predicted molar refractivity (Wildman–Crippen MR) is 95.6 cm³/mol. The van der Waals surface area contributed by atoms with E-state index in [2.05, 4.69) is 0 Å². The highest BCUT2D eigenvalue weighted by molar-refractivity contribution is 7.92. The minimum absolute atomic E-state index is 0.236. The van der Waals surface area contributed by atoms with Crippen LogP contribution in [0.3, 0.4) is 0 Å². The van der Waals surface area contributed by atoms with Crippen molar-refractivity contribution in [3.63, 3.8) is 0 Å². The summed E-state index contributed by atoms with van der Waals surface area (Å²) >= 11 is 0. The number of hydrogen-bond donors (Lipinski definition) is 0. The Kier molecular flexibility index (Phi) is 5.14. The Labute approximate surface area is 155 Å². The molecule has 2 aromatic rings. The van der Waals surface area contributed by atoms with E-state index in [1.54, 1.807) is 12.1 Å². The van der Waals surface area contributed by atoms with E-state index in [4.69, 9.17) is 0 Å². The molecule has 0 fully saturated rings.